The lowest BCUT2D eigenvalue weighted by Crippen LogP contribution is -2.48. The molecule has 1 aliphatic heterocycles. The van der Waals surface area contributed by atoms with Crippen LogP contribution in [0.15, 0.2) is 24.3 Å². The summed E-state index contributed by atoms with van der Waals surface area (Å²) in [5, 5.41) is 13.6. The molecule has 7 nitrogen and oxygen atoms in total. The normalized spacial score (nSPS) is 22.0. The van der Waals surface area contributed by atoms with Gasteiger partial charge in [0.15, 0.2) is 4.84 Å². The fourth-order valence-electron chi connectivity index (χ4n) is 2.06. The van der Waals surface area contributed by atoms with Gasteiger partial charge >= 0.3 is 0 Å². The molecule has 2 rings (SSSR count). The van der Waals surface area contributed by atoms with Gasteiger partial charge in [-0.15, -0.1) is 0 Å². The van der Waals surface area contributed by atoms with Crippen LogP contribution in [0.3, 0.4) is 0 Å². The molecule has 1 N–H and O–H groups in total. The van der Waals surface area contributed by atoms with E-state index in [4.69, 9.17) is 32.7 Å². The van der Waals surface area contributed by atoms with E-state index in [1.807, 2.05) is 0 Å². The first-order chi connectivity index (χ1) is 10.0. The van der Waals surface area contributed by atoms with Crippen molar-refractivity contribution in [3.05, 3.63) is 39.9 Å². The number of alkyl halides is 2. The number of nitrogens with zero attached hydrogens (tertiary/aromatic N) is 1. The molecule has 0 aliphatic carbocycles. The van der Waals surface area contributed by atoms with Gasteiger partial charge in [-0.3, -0.25) is 14.9 Å². The monoisotopic (exact) mass is 334 g/mol. The van der Waals surface area contributed by atoms with Gasteiger partial charge < -0.3 is 14.8 Å². The Balaban J connectivity index is 2.27. The molecule has 1 heterocycles. The Morgan fingerprint density at radius 1 is 1.43 bits per heavy atom. The lowest BCUT2D eigenvalue weighted by molar-refractivity contribution is -0.386. The highest BCUT2D eigenvalue weighted by molar-refractivity contribution is 6.53. The molecule has 1 saturated heterocycles. The molecule has 0 saturated carbocycles. The fourth-order valence-corrected chi connectivity index (χ4v) is 2.19. The SMILES string of the molecule is O=C(N[C@@H]1COCO[C@H]1c1ccccc1[N+](=O)[O-])C(Cl)Cl. The van der Waals surface area contributed by atoms with Crippen LogP contribution in [0.1, 0.15) is 11.7 Å². The third-order valence-corrected chi connectivity index (χ3v) is 3.36. The molecule has 0 unspecified atom stereocenters. The van der Waals surface area contributed by atoms with Gasteiger partial charge in [0.05, 0.1) is 23.1 Å². The van der Waals surface area contributed by atoms with Gasteiger partial charge in [0.25, 0.3) is 11.6 Å². The van der Waals surface area contributed by atoms with E-state index in [1.54, 1.807) is 18.2 Å². The van der Waals surface area contributed by atoms with E-state index in [1.165, 1.54) is 6.07 Å². The Bertz CT molecular complexity index is 540. The lowest BCUT2D eigenvalue weighted by Gasteiger charge is -2.32. The highest BCUT2D eigenvalue weighted by Crippen LogP contribution is 2.32. The molecular formula is C12H12Cl2N2O5. The van der Waals surface area contributed by atoms with Crippen LogP contribution in [-0.4, -0.2) is 35.1 Å². The molecule has 1 aromatic rings. The Morgan fingerprint density at radius 2 is 2.14 bits per heavy atom. The van der Waals surface area contributed by atoms with Gasteiger partial charge in [-0.05, 0) is 6.07 Å². The highest BCUT2D eigenvalue weighted by Gasteiger charge is 2.34. The second-order valence-electron chi connectivity index (χ2n) is 4.31. The number of nitro groups is 1. The lowest BCUT2D eigenvalue weighted by atomic mass is 10.00. The number of nitrogens with one attached hydrogen (secondary N) is 1. The molecule has 0 radical (unpaired) electrons. The zero-order chi connectivity index (χ0) is 15.4. The maximum atomic E-state index is 11.6. The number of carbonyl (C=O) groups excluding carboxylic acids is 1. The van der Waals surface area contributed by atoms with Crippen molar-refractivity contribution in [3.63, 3.8) is 0 Å². The molecular weight excluding hydrogens is 323 g/mol. The van der Waals surface area contributed by atoms with Gasteiger partial charge in [0, 0.05) is 6.07 Å². The predicted octanol–water partition coefficient (Wildman–Crippen LogP) is 1.93. The molecule has 2 atom stereocenters. The van der Waals surface area contributed by atoms with Crippen LogP contribution < -0.4 is 5.32 Å². The van der Waals surface area contributed by atoms with Crippen LogP contribution in [-0.2, 0) is 14.3 Å². The van der Waals surface area contributed by atoms with E-state index in [9.17, 15) is 14.9 Å². The topological polar surface area (TPSA) is 90.7 Å². The van der Waals surface area contributed by atoms with Crippen molar-refractivity contribution in [3.8, 4) is 0 Å². The van der Waals surface area contributed by atoms with Crippen molar-refractivity contribution >= 4 is 34.8 Å². The van der Waals surface area contributed by atoms with Gasteiger partial charge in [0.2, 0.25) is 0 Å². The largest absolute Gasteiger partial charge is 0.353 e. The summed E-state index contributed by atoms with van der Waals surface area (Å²) < 4.78 is 10.5. The summed E-state index contributed by atoms with van der Waals surface area (Å²) >= 11 is 11.0. The number of ether oxygens (including phenoxy) is 2. The number of nitro benzene ring substituents is 1. The number of para-hydroxylation sites is 1. The van der Waals surface area contributed by atoms with Crippen LogP contribution in [0.4, 0.5) is 5.69 Å². The summed E-state index contributed by atoms with van der Waals surface area (Å²) in [6.07, 6.45) is -0.712. The molecule has 0 aromatic heterocycles. The Kier molecular flexibility index (Phi) is 5.35. The van der Waals surface area contributed by atoms with Crippen LogP contribution in [0, 0.1) is 10.1 Å². The number of benzene rings is 1. The van der Waals surface area contributed by atoms with Crippen molar-refractivity contribution in [2.45, 2.75) is 17.0 Å². The Labute approximate surface area is 130 Å². The number of carbonyl (C=O) groups is 1. The molecule has 21 heavy (non-hydrogen) atoms. The third-order valence-electron chi connectivity index (χ3n) is 2.96. The minimum atomic E-state index is -1.24. The first-order valence-corrected chi connectivity index (χ1v) is 6.89. The van der Waals surface area contributed by atoms with Gasteiger partial charge in [0.1, 0.15) is 12.9 Å². The Hall–Kier alpha value is -1.41. The molecule has 0 spiro atoms. The van der Waals surface area contributed by atoms with E-state index in [-0.39, 0.29) is 19.1 Å². The molecule has 0 bridgehead atoms. The minimum Gasteiger partial charge on any atom is -0.353 e. The summed E-state index contributed by atoms with van der Waals surface area (Å²) in [7, 11) is 0. The maximum Gasteiger partial charge on any atom is 0.275 e. The van der Waals surface area contributed by atoms with Gasteiger partial charge in [-0.2, -0.15) is 0 Å². The number of hydrogen-bond acceptors (Lipinski definition) is 5. The zero-order valence-corrected chi connectivity index (χ0v) is 12.2. The maximum absolute atomic E-state index is 11.6. The standard InChI is InChI=1S/C12H12Cl2N2O5/c13-11(14)12(17)15-8-5-20-6-21-10(8)7-3-1-2-4-9(7)16(18)19/h1-4,8,10-11H,5-6H2,(H,15,17)/t8-,10+/m1/s1. The van der Waals surface area contributed by atoms with Crippen molar-refractivity contribution < 1.29 is 19.2 Å². The summed E-state index contributed by atoms with van der Waals surface area (Å²) in [5.74, 6) is -0.610. The van der Waals surface area contributed by atoms with E-state index >= 15 is 0 Å². The van der Waals surface area contributed by atoms with Crippen molar-refractivity contribution in [1.29, 1.82) is 0 Å². The second kappa shape index (κ2) is 7.04. The molecule has 1 aromatic carbocycles. The number of rotatable bonds is 4. The van der Waals surface area contributed by atoms with Gasteiger partial charge in [-0.25, -0.2) is 0 Å². The van der Waals surface area contributed by atoms with Crippen LogP contribution in [0.25, 0.3) is 0 Å². The smallest absolute Gasteiger partial charge is 0.275 e. The predicted molar refractivity (Wildman–Crippen MR) is 75.2 cm³/mol. The zero-order valence-electron chi connectivity index (χ0n) is 10.7. The van der Waals surface area contributed by atoms with E-state index < -0.39 is 27.8 Å². The number of hydrogen-bond donors (Lipinski definition) is 1. The average molecular weight is 335 g/mol. The quantitative estimate of drug-likeness (QED) is 0.516. The first-order valence-electron chi connectivity index (χ1n) is 6.02. The third kappa shape index (κ3) is 3.82. The van der Waals surface area contributed by atoms with Crippen LogP contribution in [0.2, 0.25) is 0 Å². The average Bonchev–Trinajstić information content (AvgIpc) is 2.47. The first kappa shape index (κ1) is 16.0. The highest BCUT2D eigenvalue weighted by atomic mass is 35.5. The molecule has 1 aliphatic rings. The van der Waals surface area contributed by atoms with Crippen LogP contribution in [0.5, 0.6) is 0 Å². The second-order valence-corrected chi connectivity index (χ2v) is 5.40. The molecule has 114 valence electrons. The minimum absolute atomic E-state index is 0.0196. The Morgan fingerprint density at radius 3 is 2.81 bits per heavy atom. The molecule has 1 amide bonds. The van der Waals surface area contributed by atoms with E-state index in [0.717, 1.165) is 0 Å². The number of amides is 1. The van der Waals surface area contributed by atoms with E-state index in [2.05, 4.69) is 5.32 Å². The molecule has 1 fully saturated rings. The van der Waals surface area contributed by atoms with E-state index in [0.29, 0.717) is 5.56 Å². The van der Waals surface area contributed by atoms with Crippen molar-refractivity contribution in [2.75, 3.05) is 13.4 Å². The van der Waals surface area contributed by atoms with Crippen molar-refractivity contribution in [2.24, 2.45) is 0 Å². The van der Waals surface area contributed by atoms with Crippen LogP contribution >= 0.6 is 23.2 Å². The molecule has 9 heteroatoms. The summed E-state index contributed by atoms with van der Waals surface area (Å²) in [6, 6.07) is 5.55. The fraction of sp³-hybridized carbons (Fsp3) is 0.417. The number of halogens is 2. The van der Waals surface area contributed by atoms with Crippen molar-refractivity contribution in [1.82, 2.24) is 5.32 Å². The van der Waals surface area contributed by atoms with Gasteiger partial charge in [-0.1, -0.05) is 35.3 Å². The summed E-state index contributed by atoms with van der Waals surface area (Å²) in [4.78, 5) is 20.9. The summed E-state index contributed by atoms with van der Waals surface area (Å²) in [5.41, 5.74) is 0.272. The summed E-state index contributed by atoms with van der Waals surface area (Å²) in [6.45, 7) is 0.122.